The summed E-state index contributed by atoms with van der Waals surface area (Å²) in [5.41, 5.74) is 16.2. The van der Waals surface area contributed by atoms with Crippen LogP contribution < -0.4 is 4.90 Å². The van der Waals surface area contributed by atoms with Crippen molar-refractivity contribution < 1.29 is 19.7 Å². The summed E-state index contributed by atoms with van der Waals surface area (Å²) < 4.78 is 4.97. The van der Waals surface area contributed by atoms with Gasteiger partial charge in [-0.3, -0.25) is 0 Å². The van der Waals surface area contributed by atoms with Gasteiger partial charge < -0.3 is 19.8 Å². The fraction of sp³-hybridized carbons (Fsp3) is 0.0455. The number of carbonyl (C=O) groups is 1. The van der Waals surface area contributed by atoms with Crippen LogP contribution in [0, 0.1) is 36.5 Å². The van der Waals surface area contributed by atoms with Gasteiger partial charge >= 0.3 is 5.97 Å². The number of nitriles is 2. The molecule has 0 atom stereocenters. The summed E-state index contributed by atoms with van der Waals surface area (Å²) in [5.74, 6) is -1.17. The van der Waals surface area contributed by atoms with Crippen molar-refractivity contribution >= 4 is 93.8 Å². The average Bonchev–Trinajstić information content (AvgIpc) is 4.13. The van der Waals surface area contributed by atoms with Crippen molar-refractivity contribution in [2.24, 2.45) is 0 Å². The van der Waals surface area contributed by atoms with Crippen LogP contribution in [0.2, 0.25) is 0 Å². The van der Waals surface area contributed by atoms with Gasteiger partial charge in [0.15, 0.2) is 6.79 Å². The molecule has 2 N–H and O–H groups in total. The Bertz CT molecular complexity index is 3700. The number of aliphatic carboxylic acids is 1. The molecule has 0 spiro atoms. The van der Waals surface area contributed by atoms with Crippen LogP contribution in [0.1, 0.15) is 59.8 Å². The van der Waals surface area contributed by atoms with E-state index in [1.807, 2.05) is 48.5 Å². The molecule has 0 bridgehead atoms. The monoisotopic (exact) mass is 1010 g/mol. The maximum absolute atomic E-state index is 11.3. The van der Waals surface area contributed by atoms with E-state index >= 15 is 0 Å². The Morgan fingerprint density at radius 1 is 0.520 bits per heavy atom. The van der Waals surface area contributed by atoms with Gasteiger partial charge in [-0.15, -0.1) is 22.7 Å². The standard InChI is InChI=1S/C66H49N3O4S2/c1-45-8-23-55(38-46(45)2)63(52-6-4-3-5-7-52)39-51-21-32-59(33-22-51)69(57-28-17-49(18-29-57)11-9-47-13-24-53(25-14-47)64-36-34-61(74-64)40-56(42-67)66(71)72)58-30-19-50(20-31-58)12-10-48-15-26-54(27-16-48)65-37-35-62(75-65)41-60(43-68)73-44-70/h3-41,70H,44H2,1-2H3,(H,71,72)/b11-9+,12-10+,56-40-,60-41-,63-39-. The lowest BCUT2D eigenvalue weighted by molar-refractivity contribution is -0.132. The maximum Gasteiger partial charge on any atom is 0.346 e. The quantitative estimate of drug-likeness (QED) is 0.0307. The summed E-state index contributed by atoms with van der Waals surface area (Å²) in [6.45, 7) is 3.76. The Balaban J connectivity index is 0.961. The van der Waals surface area contributed by atoms with Gasteiger partial charge in [-0.05, 0) is 153 Å². The number of allylic oxidation sites excluding steroid dienone is 1. The highest BCUT2D eigenvalue weighted by Crippen LogP contribution is 2.37. The first-order valence-corrected chi connectivity index (χ1v) is 25.7. The van der Waals surface area contributed by atoms with E-state index in [4.69, 9.17) is 15.1 Å². The van der Waals surface area contributed by atoms with E-state index in [0.717, 1.165) is 81.8 Å². The fourth-order valence-electron chi connectivity index (χ4n) is 8.32. The van der Waals surface area contributed by atoms with Gasteiger partial charge in [0.2, 0.25) is 5.76 Å². The van der Waals surface area contributed by atoms with Crippen LogP contribution in [0.25, 0.3) is 69.0 Å². The lowest BCUT2D eigenvalue weighted by atomic mass is 9.93. The Morgan fingerprint density at radius 2 is 0.987 bits per heavy atom. The smallest absolute Gasteiger partial charge is 0.346 e. The third kappa shape index (κ3) is 12.8. The van der Waals surface area contributed by atoms with E-state index in [1.54, 1.807) is 23.5 Å². The zero-order valence-electron chi connectivity index (χ0n) is 41.1. The van der Waals surface area contributed by atoms with Gasteiger partial charge in [-0.1, -0.05) is 158 Å². The van der Waals surface area contributed by atoms with Gasteiger partial charge in [-0.25, -0.2) is 4.79 Å². The fourth-order valence-corrected chi connectivity index (χ4v) is 10.2. The first-order valence-electron chi connectivity index (χ1n) is 24.1. The molecule has 2 heterocycles. The summed E-state index contributed by atoms with van der Waals surface area (Å²) in [6.07, 6.45) is 13.7. The molecule has 0 saturated heterocycles. The minimum absolute atomic E-state index is 0.0669. The van der Waals surface area contributed by atoms with E-state index in [9.17, 15) is 15.2 Å². The van der Waals surface area contributed by atoms with Crippen molar-refractivity contribution in [1.29, 1.82) is 10.5 Å². The van der Waals surface area contributed by atoms with Crippen LogP contribution in [0.4, 0.5) is 17.1 Å². The Kier molecular flexibility index (Phi) is 16.1. The first-order chi connectivity index (χ1) is 36.6. The molecule has 9 aromatic rings. The number of benzene rings is 7. The number of aliphatic hydroxyl groups is 1. The van der Waals surface area contributed by atoms with Gasteiger partial charge in [0, 0.05) is 42.6 Å². The van der Waals surface area contributed by atoms with Crippen LogP contribution in [-0.2, 0) is 9.53 Å². The number of carboxylic acids is 1. The summed E-state index contributed by atoms with van der Waals surface area (Å²) in [6, 6.07) is 71.0. The number of hydrogen-bond donors (Lipinski definition) is 2. The third-order valence-corrected chi connectivity index (χ3v) is 14.7. The number of carboxylic acid groups (broad SMARTS) is 1. The molecule has 364 valence electrons. The number of rotatable bonds is 17. The predicted octanol–water partition coefficient (Wildman–Crippen LogP) is 17.0. The van der Waals surface area contributed by atoms with E-state index in [1.165, 1.54) is 34.1 Å². The first kappa shape index (κ1) is 50.6. The minimum atomic E-state index is -1.24. The second-order valence-corrected chi connectivity index (χ2v) is 19.7. The summed E-state index contributed by atoms with van der Waals surface area (Å²) in [4.78, 5) is 17.2. The molecule has 9 rings (SSSR count). The highest BCUT2D eigenvalue weighted by atomic mass is 32.1. The van der Waals surface area contributed by atoms with E-state index < -0.39 is 12.8 Å². The third-order valence-electron chi connectivity index (χ3n) is 12.5. The van der Waals surface area contributed by atoms with Gasteiger partial charge in [0.05, 0.1) is 0 Å². The molecule has 0 saturated carbocycles. The number of anilines is 3. The second-order valence-electron chi connectivity index (χ2n) is 17.5. The molecule has 0 unspecified atom stereocenters. The van der Waals surface area contributed by atoms with Crippen LogP contribution in [0.5, 0.6) is 0 Å². The number of nitrogens with zero attached hydrogens (tertiary/aromatic N) is 3. The Morgan fingerprint density at radius 3 is 1.43 bits per heavy atom. The minimum Gasteiger partial charge on any atom is -0.477 e. The highest BCUT2D eigenvalue weighted by molar-refractivity contribution is 7.16. The Labute approximate surface area is 445 Å². The lowest BCUT2D eigenvalue weighted by Crippen LogP contribution is -2.09. The average molecular weight is 1010 g/mol. The molecule has 9 heteroatoms. The molecule has 7 nitrogen and oxygen atoms in total. The van der Waals surface area contributed by atoms with Crippen molar-refractivity contribution in [2.75, 3.05) is 11.7 Å². The van der Waals surface area contributed by atoms with Crippen LogP contribution in [0.3, 0.4) is 0 Å². The molecule has 0 radical (unpaired) electrons. The zero-order valence-corrected chi connectivity index (χ0v) is 42.7. The normalized spacial score (nSPS) is 11.9. The van der Waals surface area contributed by atoms with E-state index in [0.29, 0.717) is 4.88 Å². The molecule has 0 fully saturated rings. The number of hydrogen-bond acceptors (Lipinski definition) is 8. The van der Waals surface area contributed by atoms with Crippen molar-refractivity contribution in [3.63, 3.8) is 0 Å². The summed E-state index contributed by atoms with van der Waals surface area (Å²) >= 11 is 2.98. The van der Waals surface area contributed by atoms with Crippen LogP contribution in [-0.4, -0.2) is 23.0 Å². The molecular weight excluding hydrogens is 963 g/mol. The van der Waals surface area contributed by atoms with Crippen molar-refractivity contribution in [3.05, 3.63) is 265 Å². The largest absolute Gasteiger partial charge is 0.477 e. The second kappa shape index (κ2) is 23.9. The van der Waals surface area contributed by atoms with Crippen molar-refractivity contribution in [1.82, 2.24) is 0 Å². The molecular formula is C66H49N3O4S2. The van der Waals surface area contributed by atoms with Gasteiger partial charge in [0.25, 0.3) is 0 Å². The van der Waals surface area contributed by atoms with Crippen molar-refractivity contribution in [3.8, 4) is 33.0 Å². The molecule has 2 aromatic heterocycles. The molecule has 75 heavy (non-hydrogen) atoms. The molecule has 7 aromatic carbocycles. The number of aliphatic hydroxyl groups excluding tert-OH is 1. The molecule has 0 aliphatic rings. The SMILES string of the molecule is Cc1ccc(/C(=C\c2ccc(N(c3ccc(/C=C/c4ccc(-c5ccc(/C=C(/C#N)OCO)s5)cc4)cc3)c3ccc(/C=C/c4ccc(-c5ccc(/C=C(/C#N)C(=O)O)s5)cc4)cc3)cc2)c2ccccc2)cc1C. The topological polar surface area (TPSA) is 118 Å². The predicted molar refractivity (Wildman–Crippen MR) is 311 cm³/mol. The highest BCUT2D eigenvalue weighted by Gasteiger charge is 2.14. The van der Waals surface area contributed by atoms with Gasteiger partial charge in [-0.2, -0.15) is 10.5 Å². The lowest BCUT2D eigenvalue weighted by Gasteiger charge is -2.26. The van der Waals surface area contributed by atoms with E-state index in [-0.39, 0.29) is 11.3 Å². The Hall–Kier alpha value is -9.35. The van der Waals surface area contributed by atoms with Gasteiger partial charge in [0.1, 0.15) is 17.7 Å². The molecule has 0 amide bonds. The molecule has 0 aliphatic heterocycles. The summed E-state index contributed by atoms with van der Waals surface area (Å²) in [7, 11) is 0. The maximum atomic E-state index is 11.3. The van der Waals surface area contributed by atoms with E-state index in [2.05, 4.69) is 201 Å². The van der Waals surface area contributed by atoms with Crippen LogP contribution in [0.15, 0.2) is 205 Å². The zero-order chi connectivity index (χ0) is 52.1. The molecule has 0 aliphatic carbocycles. The van der Waals surface area contributed by atoms with Crippen LogP contribution >= 0.6 is 22.7 Å². The number of aryl methyl sites for hydroxylation is 2. The number of thiophene rings is 2. The number of ether oxygens (including phenoxy) is 1. The summed E-state index contributed by atoms with van der Waals surface area (Å²) in [5, 5.41) is 36.7. The van der Waals surface area contributed by atoms with Crippen molar-refractivity contribution in [2.45, 2.75) is 13.8 Å².